The lowest BCUT2D eigenvalue weighted by Crippen LogP contribution is -2.48. The van der Waals surface area contributed by atoms with Crippen LogP contribution in [0.2, 0.25) is 0 Å². The molecule has 2 aromatic rings. The Hall–Kier alpha value is -2.90. The van der Waals surface area contributed by atoms with Crippen LogP contribution in [0.3, 0.4) is 0 Å². The Morgan fingerprint density at radius 1 is 1.28 bits per heavy atom. The minimum Gasteiger partial charge on any atom is -0.465 e. The monoisotopic (exact) mass is 348 g/mol. The standard InChI is InChI=1S/C17H21FN4O3/c1-17(2,3)22(16(24)25)9-8-19-15(23)14-13(10-20-21-14)11-4-6-12(18)7-5-11/h4-7,10H,8-9H2,1-3H3,(H,19,23)(H,20,21)(H,24,25). The maximum atomic E-state index is 13.0. The summed E-state index contributed by atoms with van der Waals surface area (Å²) in [4.78, 5) is 24.9. The molecule has 0 aliphatic carbocycles. The molecule has 0 fully saturated rings. The number of aromatic nitrogens is 2. The lowest BCUT2D eigenvalue weighted by molar-refractivity contribution is 0.0889. The van der Waals surface area contributed by atoms with Crippen LogP contribution in [0.5, 0.6) is 0 Å². The van der Waals surface area contributed by atoms with E-state index >= 15 is 0 Å². The van der Waals surface area contributed by atoms with E-state index in [-0.39, 0.29) is 24.6 Å². The van der Waals surface area contributed by atoms with Gasteiger partial charge in [-0.3, -0.25) is 9.89 Å². The van der Waals surface area contributed by atoms with Crippen molar-refractivity contribution in [2.45, 2.75) is 26.3 Å². The molecule has 3 N–H and O–H groups in total. The zero-order valence-corrected chi connectivity index (χ0v) is 14.3. The van der Waals surface area contributed by atoms with Crippen molar-refractivity contribution in [3.8, 4) is 11.1 Å². The number of nitrogens with one attached hydrogen (secondary N) is 2. The first-order chi connectivity index (χ1) is 11.7. The predicted molar refractivity (Wildman–Crippen MR) is 90.8 cm³/mol. The Kier molecular flexibility index (Phi) is 5.41. The number of hydrogen-bond acceptors (Lipinski definition) is 3. The van der Waals surface area contributed by atoms with Gasteiger partial charge < -0.3 is 15.3 Å². The summed E-state index contributed by atoms with van der Waals surface area (Å²) < 4.78 is 13.0. The summed E-state index contributed by atoms with van der Waals surface area (Å²) in [5, 5.41) is 18.5. The van der Waals surface area contributed by atoms with Gasteiger partial charge in [-0.15, -0.1) is 0 Å². The number of nitrogens with zero attached hydrogens (tertiary/aromatic N) is 2. The number of carboxylic acid groups (broad SMARTS) is 1. The van der Waals surface area contributed by atoms with E-state index in [0.29, 0.717) is 11.1 Å². The number of carbonyl (C=O) groups is 2. The van der Waals surface area contributed by atoms with Gasteiger partial charge in [-0.05, 0) is 38.5 Å². The van der Waals surface area contributed by atoms with Crippen LogP contribution in [0.1, 0.15) is 31.3 Å². The number of rotatable bonds is 5. The highest BCUT2D eigenvalue weighted by molar-refractivity contribution is 5.98. The molecule has 0 bridgehead atoms. The summed E-state index contributed by atoms with van der Waals surface area (Å²) in [7, 11) is 0. The first-order valence-electron chi connectivity index (χ1n) is 7.78. The molecular weight excluding hydrogens is 327 g/mol. The van der Waals surface area contributed by atoms with E-state index in [0.717, 1.165) is 0 Å². The van der Waals surface area contributed by atoms with Crippen molar-refractivity contribution >= 4 is 12.0 Å². The average molecular weight is 348 g/mol. The molecule has 0 spiro atoms. The normalized spacial score (nSPS) is 11.2. The van der Waals surface area contributed by atoms with Gasteiger partial charge in [-0.1, -0.05) is 12.1 Å². The van der Waals surface area contributed by atoms with E-state index in [4.69, 9.17) is 0 Å². The van der Waals surface area contributed by atoms with Gasteiger partial charge in [0.2, 0.25) is 0 Å². The van der Waals surface area contributed by atoms with Crippen LogP contribution >= 0.6 is 0 Å². The molecule has 0 saturated carbocycles. The Morgan fingerprint density at radius 3 is 2.48 bits per heavy atom. The van der Waals surface area contributed by atoms with Crippen LogP contribution in [0, 0.1) is 5.82 Å². The third kappa shape index (κ3) is 4.56. The molecule has 2 amide bonds. The predicted octanol–water partition coefficient (Wildman–Crippen LogP) is 2.72. The maximum Gasteiger partial charge on any atom is 0.407 e. The van der Waals surface area contributed by atoms with Gasteiger partial charge in [-0.2, -0.15) is 5.10 Å². The summed E-state index contributed by atoms with van der Waals surface area (Å²) in [5.41, 5.74) is 0.803. The Balaban J connectivity index is 2.04. The highest BCUT2D eigenvalue weighted by Crippen LogP contribution is 2.22. The third-order valence-corrected chi connectivity index (χ3v) is 3.67. The van der Waals surface area contributed by atoms with Crippen LogP contribution in [-0.4, -0.2) is 50.8 Å². The van der Waals surface area contributed by atoms with E-state index in [2.05, 4.69) is 15.5 Å². The highest BCUT2D eigenvalue weighted by atomic mass is 19.1. The van der Waals surface area contributed by atoms with Crippen LogP contribution < -0.4 is 5.32 Å². The number of H-pyrrole nitrogens is 1. The molecule has 7 nitrogen and oxygen atoms in total. The minimum absolute atomic E-state index is 0.151. The van der Waals surface area contributed by atoms with Gasteiger partial charge in [0.25, 0.3) is 5.91 Å². The molecule has 0 aliphatic heterocycles. The van der Waals surface area contributed by atoms with Crippen molar-refractivity contribution in [3.05, 3.63) is 42.0 Å². The molecule has 1 aromatic heterocycles. The van der Waals surface area contributed by atoms with Gasteiger partial charge in [0.05, 0.1) is 0 Å². The van der Waals surface area contributed by atoms with Gasteiger partial charge in [0, 0.05) is 30.4 Å². The number of amides is 2. The molecule has 1 aromatic carbocycles. The van der Waals surface area contributed by atoms with E-state index in [9.17, 15) is 19.1 Å². The van der Waals surface area contributed by atoms with Gasteiger partial charge in [-0.25, -0.2) is 9.18 Å². The molecular formula is C17H21FN4O3. The molecule has 0 atom stereocenters. The quantitative estimate of drug-likeness (QED) is 0.774. The fourth-order valence-corrected chi connectivity index (χ4v) is 2.40. The largest absolute Gasteiger partial charge is 0.465 e. The molecule has 2 rings (SSSR count). The van der Waals surface area contributed by atoms with Crippen molar-refractivity contribution in [3.63, 3.8) is 0 Å². The number of benzene rings is 1. The summed E-state index contributed by atoms with van der Waals surface area (Å²) in [5.74, 6) is -0.797. The molecule has 0 saturated heterocycles. The minimum atomic E-state index is -1.05. The van der Waals surface area contributed by atoms with E-state index in [1.165, 1.54) is 17.0 Å². The smallest absolute Gasteiger partial charge is 0.407 e. The van der Waals surface area contributed by atoms with Crippen LogP contribution in [-0.2, 0) is 0 Å². The fraction of sp³-hybridized carbons (Fsp3) is 0.353. The SMILES string of the molecule is CC(C)(C)N(CCNC(=O)c1n[nH]cc1-c1ccc(F)cc1)C(=O)O. The van der Waals surface area contributed by atoms with Crippen LogP contribution in [0.4, 0.5) is 9.18 Å². The zero-order chi connectivity index (χ0) is 18.6. The van der Waals surface area contributed by atoms with Crippen LogP contribution in [0.15, 0.2) is 30.5 Å². The molecule has 134 valence electrons. The molecule has 1 heterocycles. The number of halogens is 1. The topological polar surface area (TPSA) is 98.3 Å². The van der Waals surface area contributed by atoms with E-state index in [1.54, 1.807) is 39.1 Å². The molecule has 25 heavy (non-hydrogen) atoms. The lowest BCUT2D eigenvalue weighted by atomic mass is 10.1. The molecule has 0 radical (unpaired) electrons. The molecule has 0 aliphatic rings. The average Bonchev–Trinajstić information content (AvgIpc) is 3.00. The molecule has 0 unspecified atom stereocenters. The van der Waals surface area contributed by atoms with Gasteiger partial charge >= 0.3 is 6.09 Å². The highest BCUT2D eigenvalue weighted by Gasteiger charge is 2.26. The summed E-state index contributed by atoms with van der Waals surface area (Å²) in [6.45, 7) is 5.65. The fourth-order valence-electron chi connectivity index (χ4n) is 2.40. The van der Waals surface area contributed by atoms with Crippen molar-refractivity contribution in [2.75, 3.05) is 13.1 Å². The lowest BCUT2D eigenvalue weighted by Gasteiger charge is -2.33. The first-order valence-corrected chi connectivity index (χ1v) is 7.78. The Morgan fingerprint density at radius 2 is 1.92 bits per heavy atom. The second kappa shape index (κ2) is 7.33. The summed E-state index contributed by atoms with van der Waals surface area (Å²) >= 11 is 0. The van der Waals surface area contributed by atoms with Gasteiger partial charge in [0.1, 0.15) is 5.82 Å². The van der Waals surface area contributed by atoms with Gasteiger partial charge in [0.15, 0.2) is 5.69 Å². The number of aromatic amines is 1. The van der Waals surface area contributed by atoms with E-state index < -0.39 is 17.5 Å². The second-order valence-electron chi connectivity index (χ2n) is 6.52. The van der Waals surface area contributed by atoms with Crippen molar-refractivity contribution in [2.24, 2.45) is 0 Å². The third-order valence-electron chi connectivity index (χ3n) is 3.67. The van der Waals surface area contributed by atoms with Crippen molar-refractivity contribution < 1.29 is 19.1 Å². The first kappa shape index (κ1) is 18.4. The second-order valence-corrected chi connectivity index (χ2v) is 6.52. The maximum absolute atomic E-state index is 13.0. The Bertz CT molecular complexity index is 750. The zero-order valence-electron chi connectivity index (χ0n) is 14.3. The van der Waals surface area contributed by atoms with Crippen molar-refractivity contribution in [1.29, 1.82) is 0 Å². The van der Waals surface area contributed by atoms with Crippen LogP contribution in [0.25, 0.3) is 11.1 Å². The van der Waals surface area contributed by atoms with Crippen molar-refractivity contribution in [1.82, 2.24) is 20.4 Å². The summed E-state index contributed by atoms with van der Waals surface area (Å²) in [6, 6.07) is 5.72. The Labute approximate surface area is 144 Å². The molecule has 8 heteroatoms. The number of hydrogen-bond donors (Lipinski definition) is 3. The van der Waals surface area contributed by atoms with E-state index in [1.807, 2.05) is 0 Å². The summed E-state index contributed by atoms with van der Waals surface area (Å²) in [6.07, 6.45) is 0.509. The number of carbonyl (C=O) groups excluding carboxylic acids is 1.